The predicted molar refractivity (Wildman–Crippen MR) is 52.2 cm³/mol. The van der Waals surface area contributed by atoms with E-state index in [1.54, 1.807) is 19.2 Å². The highest BCUT2D eigenvalue weighted by molar-refractivity contribution is 5.94. The Hall–Kier alpha value is -1.38. The van der Waals surface area contributed by atoms with Gasteiger partial charge in [-0.15, -0.1) is 0 Å². The molecule has 0 aromatic carbocycles. The number of rotatable bonds is 3. The number of aromatic nitrogens is 2. The number of nitrogens with zero attached hydrogens (tertiary/aromatic N) is 2. The van der Waals surface area contributed by atoms with Gasteiger partial charge in [-0.1, -0.05) is 0 Å². The van der Waals surface area contributed by atoms with E-state index in [4.69, 9.17) is 0 Å². The van der Waals surface area contributed by atoms with Gasteiger partial charge >= 0.3 is 0 Å². The van der Waals surface area contributed by atoms with Crippen molar-refractivity contribution in [3.63, 3.8) is 0 Å². The molecule has 0 fully saturated rings. The van der Waals surface area contributed by atoms with Crippen LogP contribution >= 0.6 is 0 Å². The fraction of sp³-hybridized carbons (Fsp3) is 0.400. The smallest absolute Gasteiger partial charge is 0.152 e. The molecule has 0 unspecified atom stereocenters. The molecule has 0 radical (unpaired) electrons. The van der Waals surface area contributed by atoms with Crippen LogP contribution in [0.4, 0.5) is 0 Å². The van der Waals surface area contributed by atoms with Crippen LogP contribution in [0.3, 0.4) is 0 Å². The second kappa shape index (κ2) is 4.03. The van der Waals surface area contributed by atoms with Crippen LogP contribution in [0, 0.1) is 0 Å². The fourth-order valence-electron chi connectivity index (χ4n) is 1.13. The first kappa shape index (κ1) is 9.71. The highest BCUT2D eigenvalue weighted by Gasteiger charge is 1.99. The van der Waals surface area contributed by atoms with Crippen molar-refractivity contribution < 1.29 is 4.79 Å². The Kier molecular flexibility index (Phi) is 3.01. The molecule has 1 rings (SSSR count). The van der Waals surface area contributed by atoms with Gasteiger partial charge in [-0.2, -0.15) is 5.10 Å². The summed E-state index contributed by atoms with van der Waals surface area (Å²) in [5.74, 6) is 0.0711. The van der Waals surface area contributed by atoms with Crippen molar-refractivity contribution in [2.45, 2.75) is 27.3 Å². The van der Waals surface area contributed by atoms with E-state index in [-0.39, 0.29) is 5.78 Å². The zero-order chi connectivity index (χ0) is 9.84. The molecular weight excluding hydrogens is 164 g/mol. The van der Waals surface area contributed by atoms with E-state index in [1.165, 1.54) is 0 Å². The number of allylic oxidation sites excluding steroid dienone is 2. The summed E-state index contributed by atoms with van der Waals surface area (Å²) in [6.07, 6.45) is 5.34. The summed E-state index contributed by atoms with van der Waals surface area (Å²) in [5, 5.41) is 4.13. The maximum Gasteiger partial charge on any atom is 0.152 e. The van der Waals surface area contributed by atoms with Crippen molar-refractivity contribution in [3.05, 3.63) is 24.0 Å². The monoisotopic (exact) mass is 178 g/mol. The maximum absolute atomic E-state index is 10.8. The zero-order valence-corrected chi connectivity index (χ0v) is 8.24. The first-order valence-corrected chi connectivity index (χ1v) is 4.35. The van der Waals surface area contributed by atoms with Crippen molar-refractivity contribution in [3.8, 4) is 0 Å². The Morgan fingerprint density at radius 1 is 1.62 bits per heavy atom. The van der Waals surface area contributed by atoms with Crippen LogP contribution in [-0.4, -0.2) is 15.6 Å². The molecule has 1 aromatic heterocycles. The lowest BCUT2D eigenvalue weighted by atomic mass is 10.1. The summed E-state index contributed by atoms with van der Waals surface area (Å²) in [7, 11) is 0. The van der Waals surface area contributed by atoms with Crippen molar-refractivity contribution >= 4 is 11.4 Å². The van der Waals surface area contributed by atoms with E-state index < -0.39 is 0 Å². The number of aryl methyl sites for hydroxylation is 1. The zero-order valence-electron chi connectivity index (χ0n) is 8.24. The molecule has 0 bridgehead atoms. The quantitative estimate of drug-likeness (QED) is 0.662. The summed E-state index contributed by atoms with van der Waals surface area (Å²) in [4.78, 5) is 10.8. The Morgan fingerprint density at radius 2 is 2.31 bits per heavy atom. The van der Waals surface area contributed by atoms with Gasteiger partial charge in [0.1, 0.15) is 0 Å². The van der Waals surface area contributed by atoms with Crippen LogP contribution in [0.5, 0.6) is 0 Å². The minimum atomic E-state index is 0.0711. The first-order valence-electron chi connectivity index (χ1n) is 4.35. The lowest BCUT2D eigenvalue weighted by Gasteiger charge is -1.94. The van der Waals surface area contributed by atoms with Crippen LogP contribution in [-0.2, 0) is 11.3 Å². The molecule has 0 aliphatic rings. The molecular formula is C10H14N2O. The van der Waals surface area contributed by atoms with E-state index in [0.29, 0.717) is 0 Å². The Bertz CT molecular complexity index is 336. The molecule has 0 aliphatic carbocycles. The van der Waals surface area contributed by atoms with Gasteiger partial charge in [0.05, 0.1) is 6.20 Å². The molecule has 3 heteroatoms. The van der Waals surface area contributed by atoms with Gasteiger partial charge in [0.15, 0.2) is 5.78 Å². The van der Waals surface area contributed by atoms with Crippen molar-refractivity contribution in [1.29, 1.82) is 0 Å². The third-order valence-electron chi connectivity index (χ3n) is 1.83. The number of hydrogen-bond acceptors (Lipinski definition) is 2. The summed E-state index contributed by atoms with van der Waals surface area (Å²) in [5.41, 5.74) is 1.98. The van der Waals surface area contributed by atoms with Crippen molar-refractivity contribution in [2.24, 2.45) is 0 Å². The van der Waals surface area contributed by atoms with Crippen LogP contribution in [0.25, 0.3) is 5.57 Å². The second-order valence-electron chi connectivity index (χ2n) is 3.02. The van der Waals surface area contributed by atoms with E-state index in [0.717, 1.165) is 17.7 Å². The molecule has 0 N–H and O–H groups in total. The van der Waals surface area contributed by atoms with Gasteiger partial charge in [0.25, 0.3) is 0 Å². The van der Waals surface area contributed by atoms with Crippen molar-refractivity contribution in [1.82, 2.24) is 9.78 Å². The molecule has 3 nitrogen and oxygen atoms in total. The molecule has 0 amide bonds. The molecule has 0 atom stereocenters. The highest BCUT2D eigenvalue weighted by atomic mass is 16.1. The minimum Gasteiger partial charge on any atom is -0.295 e. The van der Waals surface area contributed by atoms with Gasteiger partial charge in [-0.25, -0.2) is 0 Å². The van der Waals surface area contributed by atoms with Crippen LogP contribution in [0.1, 0.15) is 26.3 Å². The molecule has 13 heavy (non-hydrogen) atoms. The molecule has 0 spiro atoms. The standard InChI is InChI=1S/C10H14N2O/c1-4-12-7-10(6-11-12)8(2)5-9(3)13/h5-7H,4H2,1-3H3/b8-5+. The van der Waals surface area contributed by atoms with Crippen molar-refractivity contribution in [2.75, 3.05) is 0 Å². The summed E-state index contributed by atoms with van der Waals surface area (Å²) >= 11 is 0. The Labute approximate surface area is 78.1 Å². The van der Waals surface area contributed by atoms with E-state index in [9.17, 15) is 4.79 Å². The average Bonchev–Trinajstić information content (AvgIpc) is 2.50. The molecule has 1 aromatic rings. The number of carbonyl (C=O) groups is 1. The van der Waals surface area contributed by atoms with Gasteiger partial charge in [-0.3, -0.25) is 9.48 Å². The fourth-order valence-corrected chi connectivity index (χ4v) is 1.13. The van der Waals surface area contributed by atoms with Gasteiger partial charge in [0, 0.05) is 18.3 Å². The van der Waals surface area contributed by atoms with Crippen LogP contribution in [0.15, 0.2) is 18.5 Å². The minimum absolute atomic E-state index is 0.0711. The van der Waals surface area contributed by atoms with E-state index in [2.05, 4.69) is 5.10 Å². The first-order chi connectivity index (χ1) is 6.13. The molecule has 0 saturated carbocycles. The molecule has 0 aliphatic heterocycles. The number of carbonyl (C=O) groups excluding carboxylic acids is 1. The largest absolute Gasteiger partial charge is 0.295 e. The SMILES string of the molecule is CCn1cc(/C(C)=C/C(C)=O)cn1. The summed E-state index contributed by atoms with van der Waals surface area (Å²) in [6, 6.07) is 0. The summed E-state index contributed by atoms with van der Waals surface area (Å²) in [6.45, 7) is 6.35. The molecule has 0 saturated heterocycles. The van der Waals surface area contributed by atoms with E-state index in [1.807, 2.05) is 24.7 Å². The van der Waals surface area contributed by atoms with Gasteiger partial charge in [-0.05, 0) is 32.4 Å². The van der Waals surface area contributed by atoms with Crippen LogP contribution < -0.4 is 0 Å². The highest BCUT2D eigenvalue weighted by Crippen LogP contribution is 2.11. The molecule has 1 heterocycles. The lowest BCUT2D eigenvalue weighted by molar-refractivity contribution is -0.112. The third-order valence-corrected chi connectivity index (χ3v) is 1.83. The average molecular weight is 178 g/mol. The second-order valence-corrected chi connectivity index (χ2v) is 3.02. The van der Waals surface area contributed by atoms with Crippen LogP contribution in [0.2, 0.25) is 0 Å². The van der Waals surface area contributed by atoms with Gasteiger partial charge < -0.3 is 0 Å². The topological polar surface area (TPSA) is 34.9 Å². The third kappa shape index (κ3) is 2.54. The predicted octanol–water partition coefficient (Wildman–Crippen LogP) is 1.90. The van der Waals surface area contributed by atoms with Gasteiger partial charge in [0.2, 0.25) is 0 Å². The lowest BCUT2D eigenvalue weighted by Crippen LogP contribution is -1.92. The Morgan fingerprint density at radius 3 is 2.77 bits per heavy atom. The normalized spacial score (nSPS) is 11.8. The number of hydrogen-bond donors (Lipinski definition) is 0. The maximum atomic E-state index is 10.8. The number of ketones is 1. The summed E-state index contributed by atoms with van der Waals surface area (Å²) < 4.78 is 1.84. The Balaban J connectivity index is 2.88. The van der Waals surface area contributed by atoms with E-state index >= 15 is 0 Å². The molecule has 70 valence electrons.